The van der Waals surface area contributed by atoms with E-state index in [0.717, 1.165) is 25.0 Å². The van der Waals surface area contributed by atoms with E-state index in [1.54, 1.807) is 42.3 Å². The summed E-state index contributed by atoms with van der Waals surface area (Å²) in [6, 6.07) is 13.3. The van der Waals surface area contributed by atoms with Gasteiger partial charge >= 0.3 is 6.61 Å². The highest BCUT2D eigenvalue weighted by Gasteiger charge is 2.20. The molecule has 0 N–H and O–H groups in total. The molecule has 1 heterocycles. The van der Waals surface area contributed by atoms with Gasteiger partial charge in [-0.05, 0) is 42.7 Å². The van der Waals surface area contributed by atoms with Crippen LogP contribution in [0.3, 0.4) is 0 Å². The van der Waals surface area contributed by atoms with Crippen LogP contribution in [0.15, 0.2) is 48.5 Å². The van der Waals surface area contributed by atoms with Crippen LogP contribution in [-0.2, 0) is 11.3 Å². The van der Waals surface area contributed by atoms with Crippen molar-refractivity contribution >= 4 is 5.91 Å². The van der Waals surface area contributed by atoms with Crippen LogP contribution in [0.4, 0.5) is 8.78 Å². The summed E-state index contributed by atoms with van der Waals surface area (Å²) < 4.78 is 40.2. The average molecular weight is 391 g/mol. The van der Waals surface area contributed by atoms with Crippen LogP contribution in [0.1, 0.15) is 28.8 Å². The van der Waals surface area contributed by atoms with Gasteiger partial charge in [0.1, 0.15) is 18.1 Å². The minimum Gasteiger partial charge on any atom is -0.490 e. The Morgan fingerprint density at radius 3 is 2.64 bits per heavy atom. The molecule has 1 atom stereocenters. The van der Waals surface area contributed by atoms with E-state index in [9.17, 15) is 13.6 Å². The lowest BCUT2D eigenvalue weighted by Crippen LogP contribution is -2.27. The third-order valence-electron chi connectivity index (χ3n) is 4.48. The van der Waals surface area contributed by atoms with E-state index in [4.69, 9.17) is 9.47 Å². The van der Waals surface area contributed by atoms with Crippen LogP contribution in [0, 0.1) is 0 Å². The van der Waals surface area contributed by atoms with Crippen LogP contribution >= 0.6 is 0 Å². The van der Waals surface area contributed by atoms with Crippen LogP contribution in [0.2, 0.25) is 0 Å². The molecule has 0 saturated carbocycles. The predicted molar refractivity (Wildman–Crippen MR) is 99.8 cm³/mol. The molecule has 1 saturated heterocycles. The summed E-state index contributed by atoms with van der Waals surface area (Å²) in [6.45, 7) is -1.37. The van der Waals surface area contributed by atoms with Gasteiger partial charge in [0, 0.05) is 20.2 Å². The number of carbonyl (C=O) groups is 1. The second-order valence-corrected chi connectivity index (χ2v) is 6.63. The van der Waals surface area contributed by atoms with Gasteiger partial charge < -0.3 is 19.1 Å². The van der Waals surface area contributed by atoms with E-state index in [2.05, 4.69) is 4.74 Å². The van der Waals surface area contributed by atoms with Crippen molar-refractivity contribution in [3.63, 3.8) is 0 Å². The Labute approximate surface area is 162 Å². The standard InChI is InChI=1S/C21H23F2NO4/c1-24(13-15-8-10-16(11-9-15)28-21(22)23)20(25)18-6-2-3-7-19(18)27-14-17-5-4-12-26-17/h2-3,6-11,17,21H,4-5,12-14H2,1H3. The number of alkyl halides is 2. The number of hydrogen-bond acceptors (Lipinski definition) is 4. The fraction of sp³-hybridized carbons (Fsp3) is 0.381. The summed E-state index contributed by atoms with van der Waals surface area (Å²) in [5, 5.41) is 0. The van der Waals surface area contributed by atoms with Crippen LogP contribution < -0.4 is 9.47 Å². The van der Waals surface area contributed by atoms with E-state index in [1.165, 1.54) is 12.1 Å². The molecule has 2 aromatic carbocycles. The van der Waals surface area contributed by atoms with Gasteiger partial charge in [-0.25, -0.2) is 0 Å². The summed E-state index contributed by atoms with van der Waals surface area (Å²) in [4.78, 5) is 14.4. The number of para-hydroxylation sites is 1. The average Bonchev–Trinajstić information content (AvgIpc) is 3.21. The van der Waals surface area contributed by atoms with Gasteiger partial charge in [0.25, 0.3) is 5.91 Å². The minimum absolute atomic E-state index is 0.0647. The van der Waals surface area contributed by atoms with Crippen molar-refractivity contribution in [2.24, 2.45) is 0 Å². The molecule has 5 nitrogen and oxygen atoms in total. The van der Waals surface area contributed by atoms with Gasteiger partial charge in [0.05, 0.1) is 11.7 Å². The Kier molecular flexibility index (Phi) is 6.81. The maximum Gasteiger partial charge on any atom is 0.387 e. The molecule has 2 aromatic rings. The topological polar surface area (TPSA) is 48.0 Å². The van der Waals surface area contributed by atoms with E-state index in [1.807, 2.05) is 6.07 Å². The maximum absolute atomic E-state index is 12.9. The molecule has 1 fully saturated rings. The Morgan fingerprint density at radius 2 is 1.96 bits per heavy atom. The fourth-order valence-electron chi connectivity index (χ4n) is 3.06. The van der Waals surface area contributed by atoms with Crippen molar-refractivity contribution in [1.82, 2.24) is 4.90 Å². The zero-order chi connectivity index (χ0) is 19.9. The first kappa shape index (κ1) is 20.1. The Balaban J connectivity index is 1.62. The van der Waals surface area contributed by atoms with Crippen molar-refractivity contribution in [3.8, 4) is 11.5 Å². The minimum atomic E-state index is -2.86. The van der Waals surface area contributed by atoms with Crippen molar-refractivity contribution < 1.29 is 27.8 Å². The maximum atomic E-state index is 12.9. The highest BCUT2D eigenvalue weighted by atomic mass is 19.3. The van der Waals surface area contributed by atoms with Crippen molar-refractivity contribution in [2.45, 2.75) is 32.1 Å². The zero-order valence-corrected chi connectivity index (χ0v) is 15.6. The molecule has 150 valence electrons. The molecule has 7 heteroatoms. The van der Waals surface area contributed by atoms with Gasteiger partial charge in [-0.1, -0.05) is 24.3 Å². The molecular weight excluding hydrogens is 368 g/mol. The Morgan fingerprint density at radius 1 is 1.21 bits per heavy atom. The molecule has 0 aliphatic carbocycles. The molecule has 1 aliphatic rings. The molecule has 0 spiro atoms. The van der Waals surface area contributed by atoms with E-state index >= 15 is 0 Å². The van der Waals surface area contributed by atoms with Gasteiger partial charge in [-0.2, -0.15) is 8.78 Å². The van der Waals surface area contributed by atoms with Gasteiger partial charge in [0.2, 0.25) is 0 Å². The molecular formula is C21H23F2NO4. The number of rotatable bonds is 8. The van der Waals surface area contributed by atoms with Crippen molar-refractivity contribution in [2.75, 3.05) is 20.3 Å². The summed E-state index contributed by atoms with van der Waals surface area (Å²) >= 11 is 0. The predicted octanol–water partition coefficient (Wildman–Crippen LogP) is 4.12. The number of amides is 1. The first-order chi connectivity index (χ1) is 13.5. The third-order valence-corrected chi connectivity index (χ3v) is 4.48. The van der Waals surface area contributed by atoms with Gasteiger partial charge in [-0.15, -0.1) is 0 Å². The molecule has 1 aliphatic heterocycles. The van der Waals surface area contributed by atoms with E-state index in [0.29, 0.717) is 24.5 Å². The normalized spacial score (nSPS) is 16.2. The molecule has 1 unspecified atom stereocenters. The lowest BCUT2D eigenvalue weighted by molar-refractivity contribution is -0.0498. The fourth-order valence-corrected chi connectivity index (χ4v) is 3.06. The number of hydrogen-bond donors (Lipinski definition) is 0. The van der Waals surface area contributed by atoms with Crippen LogP contribution in [0.25, 0.3) is 0 Å². The van der Waals surface area contributed by atoms with Crippen LogP contribution in [-0.4, -0.2) is 43.8 Å². The summed E-state index contributed by atoms with van der Waals surface area (Å²) in [5.74, 6) is 0.423. The summed E-state index contributed by atoms with van der Waals surface area (Å²) in [7, 11) is 1.68. The highest BCUT2D eigenvalue weighted by Crippen LogP contribution is 2.23. The SMILES string of the molecule is CN(Cc1ccc(OC(F)F)cc1)C(=O)c1ccccc1OCC1CCCO1. The largest absolute Gasteiger partial charge is 0.490 e. The summed E-state index contributed by atoms with van der Waals surface area (Å²) in [5.41, 5.74) is 1.27. The summed E-state index contributed by atoms with van der Waals surface area (Å²) in [6.07, 6.45) is 2.05. The number of carbonyl (C=O) groups excluding carboxylic acids is 1. The van der Waals surface area contributed by atoms with Crippen LogP contribution in [0.5, 0.6) is 11.5 Å². The van der Waals surface area contributed by atoms with E-state index < -0.39 is 6.61 Å². The number of benzene rings is 2. The molecule has 28 heavy (non-hydrogen) atoms. The molecule has 0 bridgehead atoms. The number of ether oxygens (including phenoxy) is 3. The highest BCUT2D eigenvalue weighted by molar-refractivity contribution is 5.96. The zero-order valence-electron chi connectivity index (χ0n) is 15.6. The monoisotopic (exact) mass is 391 g/mol. The Bertz CT molecular complexity index is 776. The lowest BCUT2D eigenvalue weighted by Gasteiger charge is -2.20. The van der Waals surface area contributed by atoms with Crippen molar-refractivity contribution in [3.05, 3.63) is 59.7 Å². The van der Waals surface area contributed by atoms with Crippen molar-refractivity contribution in [1.29, 1.82) is 0 Å². The first-order valence-corrected chi connectivity index (χ1v) is 9.15. The second kappa shape index (κ2) is 9.50. The quantitative estimate of drug-likeness (QED) is 0.679. The second-order valence-electron chi connectivity index (χ2n) is 6.63. The lowest BCUT2D eigenvalue weighted by atomic mass is 10.1. The molecule has 1 amide bonds. The number of nitrogens with zero attached hydrogens (tertiary/aromatic N) is 1. The third kappa shape index (κ3) is 5.42. The van der Waals surface area contributed by atoms with E-state index in [-0.39, 0.29) is 17.8 Å². The molecule has 3 rings (SSSR count). The van der Waals surface area contributed by atoms with Gasteiger partial charge in [-0.3, -0.25) is 4.79 Å². The molecule has 0 radical (unpaired) electrons. The number of halogens is 2. The van der Waals surface area contributed by atoms with Gasteiger partial charge in [0.15, 0.2) is 0 Å². The Hall–Kier alpha value is -2.67. The first-order valence-electron chi connectivity index (χ1n) is 9.15. The smallest absolute Gasteiger partial charge is 0.387 e. The molecule has 0 aromatic heterocycles.